The highest BCUT2D eigenvalue weighted by Gasteiger charge is 2.14. The van der Waals surface area contributed by atoms with Crippen molar-refractivity contribution in [2.45, 2.75) is 4.90 Å². The van der Waals surface area contributed by atoms with Crippen molar-refractivity contribution in [3.05, 3.63) is 72.3 Å². The minimum absolute atomic E-state index is 0.0394. The number of nitrogens with one attached hydrogen (secondary N) is 3. The van der Waals surface area contributed by atoms with Crippen molar-refractivity contribution in [1.29, 1.82) is 0 Å². The maximum absolute atomic E-state index is 12.1. The van der Waals surface area contributed by atoms with E-state index < -0.39 is 10.0 Å². The smallest absolute Gasteiger partial charge is 0.300 e. The molecule has 4 rings (SSSR count). The molecule has 1 amide bonds. The van der Waals surface area contributed by atoms with Gasteiger partial charge in [-0.25, -0.2) is 13.6 Å². The number of benzene rings is 3. The second-order valence-electron chi connectivity index (χ2n) is 7.30. The molecule has 10 heteroatoms. The number of hydrogen-bond acceptors (Lipinski definition) is 7. The first-order chi connectivity index (χ1) is 15.8. The molecule has 9 nitrogen and oxygen atoms in total. The fourth-order valence-electron chi connectivity index (χ4n) is 3.29. The summed E-state index contributed by atoms with van der Waals surface area (Å²) in [6, 6.07) is 19.1. The number of carbonyl (C=O) groups excluding carboxylic acids is 1. The molecule has 0 aliphatic carbocycles. The second-order valence-corrected chi connectivity index (χ2v) is 8.87. The van der Waals surface area contributed by atoms with Crippen molar-refractivity contribution < 1.29 is 17.6 Å². The summed E-state index contributed by atoms with van der Waals surface area (Å²) in [5.74, 6) is -0.142. The molecule has 170 valence electrons. The summed E-state index contributed by atoms with van der Waals surface area (Å²) in [5.41, 5.74) is 4.01. The lowest BCUT2D eigenvalue weighted by Gasteiger charge is -2.06. The molecule has 0 saturated heterocycles. The van der Waals surface area contributed by atoms with E-state index in [0.29, 0.717) is 41.5 Å². The zero-order valence-corrected chi connectivity index (χ0v) is 18.6. The highest BCUT2D eigenvalue weighted by Crippen LogP contribution is 2.32. The molecular weight excluding hydrogens is 442 g/mol. The molecule has 1 heterocycles. The van der Waals surface area contributed by atoms with Gasteiger partial charge in [-0.1, -0.05) is 24.3 Å². The van der Waals surface area contributed by atoms with Gasteiger partial charge in [-0.15, -0.1) is 0 Å². The van der Waals surface area contributed by atoms with E-state index >= 15 is 0 Å². The minimum atomic E-state index is -3.76. The van der Waals surface area contributed by atoms with Gasteiger partial charge in [0.25, 0.3) is 11.9 Å². The van der Waals surface area contributed by atoms with E-state index in [1.54, 1.807) is 36.4 Å². The van der Waals surface area contributed by atoms with Crippen molar-refractivity contribution >= 4 is 38.7 Å². The maximum atomic E-state index is 12.1. The normalized spacial score (nSPS) is 11.5. The lowest BCUT2D eigenvalue weighted by atomic mass is 10.1. The largest absolute Gasteiger partial charge is 0.423 e. The highest BCUT2D eigenvalue weighted by atomic mass is 32.2. The van der Waals surface area contributed by atoms with Gasteiger partial charge in [0.2, 0.25) is 10.0 Å². The maximum Gasteiger partial charge on any atom is 0.300 e. The Morgan fingerprint density at radius 3 is 2.39 bits per heavy atom. The van der Waals surface area contributed by atoms with Crippen molar-refractivity contribution in [1.82, 2.24) is 15.6 Å². The van der Waals surface area contributed by atoms with Crippen LogP contribution in [0.1, 0.15) is 10.4 Å². The van der Waals surface area contributed by atoms with Gasteiger partial charge in [0.15, 0.2) is 5.58 Å². The van der Waals surface area contributed by atoms with Gasteiger partial charge in [-0.3, -0.25) is 4.79 Å². The van der Waals surface area contributed by atoms with Crippen LogP contribution in [0.3, 0.4) is 0 Å². The van der Waals surface area contributed by atoms with E-state index in [4.69, 9.17) is 9.56 Å². The molecule has 0 radical (unpaired) electrons. The molecule has 0 saturated carbocycles. The second kappa shape index (κ2) is 9.41. The van der Waals surface area contributed by atoms with Gasteiger partial charge < -0.3 is 20.4 Å². The quantitative estimate of drug-likeness (QED) is 0.293. The van der Waals surface area contributed by atoms with E-state index in [1.165, 1.54) is 12.1 Å². The van der Waals surface area contributed by atoms with Crippen molar-refractivity contribution in [3.8, 4) is 11.1 Å². The van der Waals surface area contributed by atoms with Crippen molar-refractivity contribution in [2.75, 3.05) is 25.5 Å². The molecular formula is C23H23N5O4S. The van der Waals surface area contributed by atoms with E-state index in [0.717, 1.165) is 11.1 Å². The summed E-state index contributed by atoms with van der Waals surface area (Å²) in [6.07, 6.45) is 0. The van der Waals surface area contributed by atoms with Crippen LogP contribution in [-0.4, -0.2) is 39.4 Å². The Morgan fingerprint density at radius 2 is 1.73 bits per heavy atom. The average molecular weight is 466 g/mol. The third kappa shape index (κ3) is 5.20. The van der Waals surface area contributed by atoms with Crippen LogP contribution in [0.5, 0.6) is 0 Å². The number of likely N-dealkylation sites (N-methyl/N-ethyl adjacent to an activating group) is 1. The summed E-state index contributed by atoms with van der Waals surface area (Å²) >= 11 is 0. The number of nitrogens with two attached hydrogens (primary N) is 1. The van der Waals surface area contributed by atoms with Crippen molar-refractivity contribution in [2.24, 2.45) is 5.14 Å². The fraction of sp³-hybridized carbons (Fsp3) is 0.130. The van der Waals surface area contributed by atoms with Gasteiger partial charge in [0.05, 0.1) is 4.90 Å². The molecule has 0 aliphatic heterocycles. The Kier molecular flexibility index (Phi) is 6.40. The number of nitrogens with zero attached hydrogens (tertiary/aromatic N) is 1. The number of primary sulfonamides is 1. The number of anilines is 2. The van der Waals surface area contributed by atoms with Crippen LogP contribution in [0.4, 0.5) is 11.7 Å². The Labute approximate surface area is 191 Å². The Balaban J connectivity index is 1.54. The first-order valence-electron chi connectivity index (χ1n) is 10.2. The average Bonchev–Trinajstić information content (AvgIpc) is 3.21. The Hall–Kier alpha value is -3.73. The van der Waals surface area contributed by atoms with E-state index in [9.17, 15) is 13.2 Å². The molecule has 0 atom stereocenters. The Bertz CT molecular complexity index is 1380. The van der Waals surface area contributed by atoms with Gasteiger partial charge >= 0.3 is 0 Å². The number of amides is 1. The zero-order chi connectivity index (χ0) is 23.4. The van der Waals surface area contributed by atoms with Crippen LogP contribution in [0, 0.1) is 0 Å². The fourth-order valence-corrected chi connectivity index (χ4v) is 3.80. The summed E-state index contributed by atoms with van der Waals surface area (Å²) in [7, 11) is -1.94. The van der Waals surface area contributed by atoms with Crippen LogP contribution in [-0.2, 0) is 10.0 Å². The molecule has 0 fully saturated rings. The molecule has 0 aliphatic rings. The van der Waals surface area contributed by atoms with Crippen LogP contribution in [0.2, 0.25) is 0 Å². The molecule has 3 aromatic carbocycles. The number of fused-ring (bicyclic) bond motifs is 1. The van der Waals surface area contributed by atoms with Crippen LogP contribution >= 0.6 is 0 Å². The van der Waals surface area contributed by atoms with Crippen LogP contribution < -0.4 is 21.1 Å². The molecule has 33 heavy (non-hydrogen) atoms. The lowest BCUT2D eigenvalue weighted by molar-refractivity contribution is 0.0954. The third-order valence-corrected chi connectivity index (χ3v) is 5.90. The van der Waals surface area contributed by atoms with Crippen LogP contribution in [0.25, 0.3) is 22.2 Å². The SMILES string of the molecule is CNCCNC(=O)c1ccc(Nc2nc3cccc(-c4ccc(S(N)(=O)=O)cc4)c3o2)cc1. The number of sulfonamides is 1. The molecule has 1 aromatic heterocycles. The molecule has 0 bridgehead atoms. The molecule has 5 N–H and O–H groups in total. The number of rotatable bonds is 8. The first kappa shape index (κ1) is 22.5. The van der Waals surface area contributed by atoms with Gasteiger partial charge in [0, 0.05) is 29.9 Å². The predicted octanol–water partition coefficient (Wildman–Crippen LogP) is 2.83. The van der Waals surface area contributed by atoms with Crippen LogP contribution in [0.15, 0.2) is 76.0 Å². The molecule has 0 unspecified atom stereocenters. The van der Waals surface area contributed by atoms with Crippen molar-refractivity contribution in [3.63, 3.8) is 0 Å². The monoisotopic (exact) mass is 465 g/mol. The first-order valence-corrected chi connectivity index (χ1v) is 11.7. The van der Waals surface area contributed by atoms with Gasteiger partial charge in [0.1, 0.15) is 5.52 Å². The van der Waals surface area contributed by atoms with E-state index in [-0.39, 0.29) is 10.8 Å². The van der Waals surface area contributed by atoms with E-state index in [2.05, 4.69) is 20.9 Å². The number of hydrogen-bond donors (Lipinski definition) is 4. The summed E-state index contributed by atoms with van der Waals surface area (Å²) in [5, 5.41) is 14.1. The summed E-state index contributed by atoms with van der Waals surface area (Å²) < 4.78 is 29.0. The van der Waals surface area contributed by atoms with Gasteiger partial charge in [-0.05, 0) is 55.1 Å². The molecule has 0 spiro atoms. The minimum Gasteiger partial charge on any atom is -0.423 e. The van der Waals surface area contributed by atoms with E-state index in [1.807, 2.05) is 25.2 Å². The predicted molar refractivity (Wildman–Crippen MR) is 127 cm³/mol. The third-order valence-electron chi connectivity index (χ3n) is 4.97. The number of carbonyl (C=O) groups is 1. The lowest BCUT2D eigenvalue weighted by Crippen LogP contribution is -2.30. The van der Waals surface area contributed by atoms with Gasteiger partial charge in [-0.2, -0.15) is 4.98 Å². The summed E-state index contributed by atoms with van der Waals surface area (Å²) in [6.45, 7) is 1.24. The highest BCUT2D eigenvalue weighted by molar-refractivity contribution is 7.89. The number of oxazole rings is 1. The molecule has 4 aromatic rings. The zero-order valence-electron chi connectivity index (χ0n) is 17.8. The number of aromatic nitrogens is 1. The topological polar surface area (TPSA) is 139 Å². The number of para-hydroxylation sites is 1. The standard InChI is InChI=1S/C23H23N5O4S/c1-25-13-14-26-22(29)16-5-9-17(10-6-16)27-23-28-20-4-2-3-19(21(20)32-23)15-7-11-18(12-8-15)33(24,30)31/h2-12,25H,13-14H2,1H3,(H,26,29)(H,27,28)(H2,24,30,31). The summed E-state index contributed by atoms with van der Waals surface area (Å²) in [4.78, 5) is 16.6. The Morgan fingerprint density at radius 1 is 1.00 bits per heavy atom.